The molecule has 0 N–H and O–H groups in total. The molecule has 0 unspecified atom stereocenters. The summed E-state index contributed by atoms with van der Waals surface area (Å²) in [4.78, 5) is 0. The number of rotatable bonds is 9. The van der Waals surface area contributed by atoms with Crippen LogP contribution in [0.1, 0.15) is 59.3 Å². The maximum atomic E-state index is 8.58. The average molecular weight is 319 g/mol. The van der Waals surface area contributed by atoms with Crippen LogP contribution in [-0.2, 0) is 24.5 Å². The quantitative estimate of drug-likeness (QED) is 0.483. The second kappa shape index (κ2) is 11.6. The van der Waals surface area contributed by atoms with Gasteiger partial charge >= 0.3 is 28.7 Å². The summed E-state index contributed by atoms with van der Waals surface area (Å²) in [5.74, 6) is 0. The van der Waals surface area contributed by atoms with Crippen LogP contribution in [0.15, 0.2) is 0 Å². The van der Waals surface area contributed by atoms with E-state index in [0.717, 1.165) is 0 Å². The van der Waals surface area contributed by atoms with Gasteiger partial charge in [0.2, 0.25) is 0 Å². The van der Waals surface area contributed by atoms with Crippen molar-refractivity contribution in [2.75, 3.05) is 26.7 Å². The summed E-state index contributed by atoms with van der Waals surface area (Å²) >= 11 is -5.62. The van der Waals surface area contributed by atoms with E-state index in [-0.39, 0.29) is 0 Å². The van der Waals surface area contributed by atoms with Crippen LogP contribution in [-0.4, -0.2) is 31.2 Å². The molecule has 0 saturated carbocycles. The molecule has 0 heterocycles. The SMILES string of the molecule is CCCC[N+](C)(CCCC)CCCC.[O]=[Mn](=[O])(=[O])[O-]. The van der Waals surface area contributed by atoms with Crippen molar-refractivity contribution < 1.29 is 33.1 Å². The van der Waals surface area contributed by atoms with Crippen LogP contribution in [0.25, 0.3) is 0 Å². The van der Waals surface area contributed by atoms with Crippen LogP contribution >= 0.6 is 0 Å². The Hall–Kier alpha value is -0.161. The Morgan fingerprint density at radius 1 is 0.789 bits per heavy atom. The third kappa shape index (κ3) is 20.3. The summed E-state index contributed by atoms with van der Waals surface area (Å²) < 4.78 is 35.6. The normalized spacial score (nSPS) is 11.8. The van der Waals surface area contributed by atoms with E-state index < -0.39 is 13.0 Å². The molecule has 6 heteroatoms. The molecule has 0 aromatic heterocycles. The fraction of sp³-hybridized carbons (Fsp3) is 1.00. The van der Waals surface area contributed by atoms with Crippen molar-refractivity contribution in [2.24, 2.45) is 0 Å². The molecule has 0 spiro atoms. The molecule has 0 atom stereocenters. The predicted octanol–water partition coefficient (Wildman–Crippen LogP) is 2.29. The third-order valence-corrected chi connectivity index (χ3v) is 3.15. The van der Waals surface area contributed by atoms with Gasteiger partial charge in [0.05, 0.1) is 26.7 Å². The second-order valence-corrected chi connectivity index (χ2v) is 6.41. The summed E-state index contributed by atoms with van der Waals surface area (Å²) in [5.41, 5.74) is 0. The fourth-order valence-electron chi connectivity index (χ4n) is 1.95. The first-order valence-electron chi connectivity index (χ1n) is 7.13. The zero-order chi connectivity index (χ0) is 15.4. The maximum absolute atomic E-state index is 8.58. The molecule has 0 bridgehead atoms. The fourth-order valence-corrected chi connectivity index (χ4v) is 1.95. The van der Waals surface area contributed by atoms with Gasteiger partial charge < -0.3 is 4.48 Å². The van der Waals surface area contributed by atoms with Gasteiger partial charge in [0.15, 0.2) is 0 Å². The standard InChI is InChI=1S/C13H30N.Mn.4O/c1-5-8-11-14(4,12-9-6-2)13-10-7-3;;;;;/h5-13H2,1-4H3;;;;;/q+1;;;;;-1. The molecule has 0 aromatic carbocycles. The molecule has 0 saturated heterocycles. The van der Waals surface area contributed by atoms with Crippen LogP contribution in [0, 0.1) is 0 Å². The van der Waals surface area contributed by atoms with Crippen molar-refractivity contribution in [3.05, 3.63) is 0 Å². The Morgan fingerprint density at radius 3 is 1.16 bits per heavy atom. The minimum atomic E-state index is -5.62. The van der Waals surface area contributed by atoms with E-state index >= 15 is 0 Å². The van der Waals surface area contributed by atoms with Gasteiger partial charge in [-0.15, -0.1) is 0 Å². The monoisotopic (exact) mass is 319 g/mol. The van der Waals surface area contributed by atoms with Crippen molar-refractivity contribution in [3.63, 3.8) is 0 Å². The van der Waals surface area contributed by atoms with E-state index in [1.165, 1.54) is 62.6 Å². The average Bonchev–Trinajstić information content (AvgIpc) is 2.30. The van der Waals surface area contributed by atoms with Gasteiger partial charge in [-0.1, -0.05) is 40.0 Å². The first-order valence-corrected chi connectivity index (χ1v) is 9.06. The number of unbranched alkanes of at least 4 members (excludes halogenated alkanes) is 3. The van der Waals surface area contributed by atoms with Crippen molar-refractivity contribution in [2.45, 2.75) is 59.3 Å². The van der Waals surface area contributed by atoms with E-state index in [0.29, 0.717) is 0 Å². The first-order chi connectivity index (χ1) is 8.68. The summed E-state index contributed by atoms with van der Waals surface area (Å²) in [6.07, 6.45) is 8.20. The number of hydrogen-bond acceptors (Lipinski definition) is 4. The number of nitrogens with zero attached hydrogens (tertiary/aromatic N) is 1. The van der Waals surface area contributed by atoms with Gasteiger partial charge in [0.1, 0.15) is 0 Å². The molecule has 0 aliphatic carbocycles. The Balaban J connectivity index is 0. The molecule has 0 radical (unpaired) electrons. The van der Waals surface area contributed by atoms with E-state index in [4.69, 9.17) is 15.7 Å². The Morgan fingerprint density at radius 2 is 1.00 bits per heavy atom. The molecule has 0 aliphatic rings. The molecule has 0 rings (SSSR count). The molecular weight excluding hydrogens is 289 g/mol. The van der Waals surface area contributed by atoms with Crippen molar-refractivity contribution >= 4 is 0 Å². The van der Waals surface area contributed by atoms with Crippen molar-refractivity contribution in [1.82, 2.24) is 0 Å². The topological polar surface area (TPSA) is 74.3 Å². The molecule has 0 aromatic rings. The number of quaternary nitrogens is 1. The predicted molar refractivity (Wildman–Crippen MR) is 67.6 cm³/mol. The van der Waals surface area contributed by atoms with Gasteiger partial charge in [-0.25, -0.2) is 0 Å². The molecular formula is C13H30MnNO4. The van der Waals surface area contributed by atoms with Crippen LogP contribution in [0.2, 0.25) is 0 Å². The Bertz CT molecular complexity index is 310. The van der Waals surface area contributed by atoms with Crippen LogP contribution in [0.4, 0.5) is 0 Å². The van der Waals surface area contributed by atoms with E-state index in [1.807, 2.05) is 0 Å². The van der Waals surface area contributed by atoms with Crippen LogP contribution in [0.5, 0.6) is 0 Å². The van der Waals surface area contributed by atoms with E-state index in [1.54, 1.807) is 0 Å². The summed E-state index contributed by atoms with van der Waals surface area (Å²) in [6, 6.07) is 0. The Labute approximate surface area is 119 Å². The van der Waals surface area contributed by atoms with E-state index in [2.05, 4.69) is 27.8 Å². The molecule has 0 amide bonds. The van der Waals surface area contributed by atoms with Gasteiger partial charge in [-0.3, -0.25) is 0 Å². The second-order valence-electron chi connectivity index (χ2n) is 5.23. The Kier molecular flexibility index (Phi) is 13.0. The molecule has 0 aliphatic heterocycles. The van der Waals surface area contributed by atoms with Crippen LogP contribution < -0.4 is 4.19 Å². The van der Waals surface area contributed by atoms with Gasteiger partial charge in [0, 0.05) is 0 Å². The van der Waals surface area contributed by atoms with E-state index in [9.17, 15) is 0 Å². The summed E-state index contributed by atoms with van der Waals surface area (Å²) in [6.45, 7) is 11.0. The van der Waals surface area contributed by atoms with Crippen molar-refractivity contribution in [1.29, 1.82) is 0 Å². The molecule has 5 nitrogen and oxygen atoms in total. The number of hydrogen-bond donors (Lipinski definition) is 0. The summed E-state index contributed by atoms with van der Waals surface area (Å²) in [7, 11) is 2.45. The minimum absolute atomic E-state index is 1.32. The van der Waals surface area contributed by atoms with Crippen molar-refractivity contribution in [3.8, 4) is 0 Å². The third-order valence-electron chi connectivity index (χ3n) is 3.15. The molecule has 0 fully saturated rings. The van der Waals surface area contributed by atoms with Gasteiger partial charge in [0.25, 0.3) is 0 Å². The first kappa shape index (κ1) is 21.1. The molecule has 19 heavy (non-hydrogen) atoms. The van der Waals surface area contributed by atoms with Crippen LogP contribution in [0.3, 0.4) is 0 Å². The summed E-state index contributed by atoms with van der Waals surface area (Å²) in [5, 5.41) is 0. The van der Waals surface area contributed by atoms with Gasteiger partial charge in [-0.2, -0.15) is 0 Å². The zero-order valence-corrected chi connectivity index (χ0v) is 14.0. The molecule has 118 valence electrons. The zero-order valence-electron chi connectivity index (χ0n) is 12.8. The van der Waals surface area contributed by atoms with Gasteiger partial charge in [-0.05, 0) is 19.3 Å².